The molecule has 1 N–H and O–H groups in total. The van der Waals surface area contributed by atoms with Crippen LogP contribution in [0.25, 0.3) is 0 Å². The fraction of sp³-hybridized carbons (Fsp3) is 0.188. The molecule has 4 heteroatoms. The van der Waals surface area contributed by atoms with Crippen molar-refractivity contribution in [1.82, 2.24) is 0 Å². The summed E-state index contributed by atoms with van der Waals surface area (Å²) in [4.78, 5) is 12.9. The van der Waals surface area contributed by atoms with Crippen LogP contribution in [0.15, 0.2) is 53.4 Å². The molecular weight excluding hydrogens is 270 g/mol. The minimum absolute atomic E-state index is 0.305. The number of hydrogen-bond acceptors (Lipinski definition) is 4. The second-order valence-electron chi connectivity index (χ2n) is 4.23. The van der Waals surface area contributed by atoms with Gasteiger partial charge in [-0.25, -0.2) is 4.79 Å². The number of ether oxygens (including phenoxy) is 1. The van der Waals surface area contributed by atoms with Crippen molar-refractivity contribution in [1.29, 1.82) is 0 Å². The molecule has 0 aliphatic heterocycles. The zero-order chi connectivity index (χ0) is 14.4. The average Bonchev–Trinajstić information content (AvgIpc) is 2.53. The summed E-state index contributed by atoms with van der Waals surface area (Å²) < 4.78 is 4.79. The summed E-state index contributed by atoms with van der Waals surface area (Å²) in [7, 11) is 1.40. The van der Waals surface area contributed by atoms with Crippen molar-refractivity contribution in [3.05, 3.63) is 59.7 Å². The van der Waals surface area contributed by atoms with Crippen LogP contribution in [-0.4, -0.2) is 19.3 Å². The number of hydrogen-bond donors (Lipinski definition) is 1. The molecule has 0 aliphatic carbocycles. The van der Waals surface area contributed by atoms with E-state index in [1.54, 1.807) is 17.8 Å². The Morgan fingerprint density at radius 1 is 1.15 bits per heavy atom. The van der Waals surface area contributed by atoms with Gasteiger partial charge in [0, 0.05) is 17.1 Å². The van der Waals surface area contributed by atoms with Crippen molar-refractivity contribution in [3.63, 3.8) is 0 Å². The summed E-state index contributed by atoms with van der Waals surface area (Å²) in [5.41, 5.74) is 2.55. The first-order valence-corrected chi connectivity index (χ1v) is 7.51. The normalized spacial score (nSPS) is 10.1. The third-order valence-corrected chi connectivity index (χ3v) is 3.74. The molecule has 2 rings (SSSR count). The van der Waals surface area contributed by atoms with E-state index in [1.165, 1.54) is 12.0 Å². The highest BCUT2D eigenvalue weighted by molar-refractivity contribution is 7.98. The quantitative estimate of drug-likeness (QED) is 0.670. The summed E-state index contributed by atoms with van der Waals surface area (Å²) in [5, 5.41) is 3.31. The molecule has 0 spiro atoms. The molecule has 0 saturated carbocycles. The molecule has 0 heterocycles. The fourth-order valence-electron chi connectivity index (χ4n) is 1.89. The van der Waals surface area contributed by atoms with E-state index >= 15 is 0 Å². The summed E-state index contributed by atoms with van der Waals surface area (Å²) in [6.45, 7) is 0.587. The lowest BCUT2D eigenvalue weighted by Crippen LogP contribution is -2.09. The smallest absolute Gasteiger partial charge is 0.338 e. The van der Waals surface area contributed by atoms with Crippen molar-refractivity contribution in [2.45, 2.75) is 11.4 Å². The van der Waals surface area contributed by atoms with E-state index in [0.717, 1.165) is 11.3 Å². The van der Waals surface area contributed by atoms with Crippen molar-refractivity contribution < 1.29 is 9.53 Å². The number of rotatable bonds is 5. The monoisotopic (exact) mass is 287 g/mol. The van der Waals surface area contributed by atoms with Crippen LogP contribution in [0.2, 0.25) is 0 Å². The fourth-order valence-corrected chi connectivity index (χ4v) is 2.30. The molecule has 0 radical (unpaired) electrons. The maximum absolute atomic E-state index is 11.7. The van der Waals surface area contributed by atoms with Crippen LogP contribution in [0.4, 0.5) is 5.69 Å². The van der Waals surface area contributed by atoms with Gasteiger partial charge in [-0.15, -0.1) is 11.8 Å². The van der Waals surface area contributed by atoms with E-state index in [4.69, 9.17) is 4.74 Å². The Morgan fingerprint density at radius 2 is 1.85 bits per heavy atom. The number of nitrogens with one attached hydrogen (secondary N) is 1. The summed E-state index contributed by atoms with van der Waals surface area (Å²) >= 11 is 1.71. The van der Waals surface area contributed by atoms with E-state index in [0.29, 0.717) is 12.1 Å². The van der Waals surface area contributed by atoms with Crippen LogP contribution >= 0.6 is 11.8 Å². The van der Waals surface area contributed by atoms with E-state index in [2.05, 4.69) is 23.7 Å². The highest BCUT2D eigenvalue weighted by Gasteiger charge is 2.10. The number of benzene rings is 2. The van der Waals surface area contributed by atoms with Gasteiger partial charge < -0.3 is 10.1 Å². The number of carbonyl (C=O) groups is 1. The molecule has 0 bridgehead atoms. The molecule has 0 amide bonds. The molecule has 0 unspecified atom stereocenters. The Balaban J connectivity index is 2.08. The molecule has 104 valence electrons. The van der Waals surface area contributed by atoms with Crippen LogP contribution in [0.3, 0.4) is 0 Å². The van der Waals surface area contributed by atoms with Gasteiger partial charge >= 0.3 is 5.97 Å². The Labute approximate surface area is 123 Å². The lowest BCUT2D eigenvalue weighted by atomic mass is 10.1. The highest BCUT2D eigenvalue weighted by atomic mass is 32.2. The molecule has 0 saturated heterocycles. The minimum atomic E-state index is -0.305. The Hall–Kier alpha value is -1.94. The van der Waals surface area contributed by atoms with Crippen molar-refractivity contribution in [2.75, 3.05) is 18.7 Å². The lowest BCUT2D eigenvalue weighted by Gasteiger charge is -2.10. The molecule has 2 aromatic carbocycles. The van der Waals surface area contributed by atoms with Gasteiger partial charge in [0.05, 0.1) is 12.7 Å². The van der Waals surface area contributed by atoms with Gasteiger partial charge in [-0.2, -0.15) is 0 Å². The van der Waals surface area contributed by atoms with E-state index in [-0.39, 0.29) is 5.97 Å². The van der Waals surface area contributed by atoms with Crippen LogP contribution in [0, 0.1) is 0 Å². The van der Waals surface area contributed by atoms with E-state index < -0.39 is 0 Å². The molecule has 0 aliphatic rings. The summed E-state index contributed by atoms with van der Waals surface area (Å²) in [6, 6.07) is 15.7. The maximum atomic E-state index is 11.7. The highest BCUT2D eigenvalue weighted by Crippen LogP contribution is 2.18. The van der Waals surface area contributed by atoms with Crippen molar-refractivity contribution >= 4 is 23.4 Å². The third-order valence-electron chi connectivity index (χ3n) is 3.00. The van der Waals surface area contributed by atoms with Crippen LogP contribution in [0.1, 0.15) is 15.9 Å². The zero-order valence-electron chi connectivity index (χ0n) is 11.6. The molecule has 3 nitrogen and oxygen atoms in total. The molecule has 20 heavy (non-hydrogen) atoms. The van der Waals surface area contributed by atoms with Crippen molar-refractivity contribution in [3.8, 4) is 0 Å². The Bertz CT molecular complexity index is 581. The predicted octanol–water partition coefficient (Wildman–Crippen LogP) is 3.81. The summed E-state index contributed by atoms with van der Waals surface area (Å²) in [6.07, 6.45) is 2.05. The van der Waals surface area contributed by atoms with Gasteiger partial charge in [0.25, 0.3) is 0 Å². The molecule has 0 atom stereocenters. The minimum Gasteiger partial charge on any atom is -0.465 e. The lowest BCUT2D eigenvalue weighted by molar-refractivity contribution is 0.0599. The first kappa shape index (κ1) is 14.5. The third kappa shape index (κ3) is 3.54. The largest absolute Gasteiger partial charge is 0.465 e. The van der Waals surface area contributed by atoms with Gasteiger partial charge in [-0.3, -0.25) is 0 Å². The SMILES string of the molecule is COC(=O)c1ccccc1CNc1ccc(SC)cc1. The average molecular weight is 287 g/mol. The van der Waals surface area contributed by atoms with Gasteiger partial charge in [-0.1, -0.05) is 18.2 Å². The van der Waals surface area contributed by atoms with E-state index in [9.17, 15) is 4.79 Å². The number of methoxy groups -OCH3 is 1. The van der Waals surface area contributed by atoms with Crippen LogP contribution in [0.5, 0.6) is 0 Å². The summed E-state index contributed by atoms with van der Waals surface area (Å²) in [5.74, 6) is -0.305. The second-order valence-corrected chi connectivity index (χ2v) is 5.11. The standard InChI is InChI=1S/C16H17NO2S/c1-19-16(18)15-6-4-3-5-12(15)11-17-13-7-9-14(20-2)10-8-13/h3-10,17H,11H2,1-2H3. The predicted molar refractivity (Wildman–Crippen MR) is 83.3 cm³/mol. The topological polar surface area (TPSA) is 38.3 Å². The first-order chi connectivity index (χ1) is 9.74. The molecular formula is C16H17NO2S. The number of esters is 1. The van der Waals surface area contributed by atoms with Gasteiger partial charge in [0.2, 0.25) is 0 Å². The molecule has 0 fully saturated rings. The number of carbonyl (C=O) groups excluding carboxylic acids is 1. The van der Waals surface area contributed by atoms with Gasteiger partial charge in [-0.05, 0) is 42.2 Å². The maximum Gasteiger partial charge on any atom is 0.338 e. The van der Waals surface area contributed by atoms with Crippen LogP contribution in [-0.2, 0) is 11.3 Å². The molecule has 2 aromatic rings. The van der Waals surface area contributed by atoms with E-state index in [1.807, 2.05) is 30.3 Å². The Kier molecular flexibility index (Phi) is 5.07. The first-order valence-electron chi connectivity index (χ1n) is 6.28. The van der Waals surface area contributed by atoms with Crippen LogP contribution < -0.4 is 5.32 Å². The molecule has 0 aromatic heterocycles. The van der Waals surface area contributed by atoms with Crippen molar-refractivity contribution in [2.24, 2.45) is 0 Å². The number of anilines is 1. The zero-order valence-corrected chi connectivity index (χ0v) is 12.4. The number of thioether (sulfide) groups is 1. The van der Waals surface area contributed by atoms with Gasteiger partial charge in [0.1, 0.15) is 0 Å². The van der Waals surface area contributed by atoms with Gasteiger partial charge in [0.15, 0.2) is 0 Å². The second kappa shape index (κ2) is 7.01. The Morgan fingerprint density at radius 3 is 2.50 bits per heavy atom.